The maximum absolute atomic E-state index is 13.7. The summed E-state index contributed by atoms with van der Waals surface area (Å²) in [6, 6.07) is 25.4. The molecular formula is C36H33N3O6S2. The average molecular weight is 668 g/mol. The molecule has 5 aromatic rings. The summed E-state index contributed by atoms with van der Waals surface area (Å²) >= 11 is 2.73. The van der Waals surface area contributed by atoms with Gasteiger partial charge in [-0.05, 0) is 58.7 Å². The van der Waals surface area contributed by atoms with Gasteiger partial charge in [-0.25, -0.2) is 0 Å². The van der Waals surface area contributed by atoms with E-state index in [0.717, 1.165) is 29.2 Å². The molecule has 1 N–H and O–H groups in total. The number of anilines is 1. The van der Waals surface area contributed by atoms with Gasteiger partial charge in [0.25, 0.3) is 5.78 Å². The largest absolute Gasteiger partial charge is 0.507 e. The maximum atomic E-state index is 13.7. The van der Waals surface area contributed by atoms with Crippen molar-refractivity contribution in [1.29, 1.82) is 0 Å². The Hall–Kier alpha value is -4.87. The molecule has 0 saturated carbocycles. The van der Waals surface area contributed by atoms with Gasteiger partial charge in [-0.2, -0.15) is 0 Å². The first kappa shape index (κ1) is 32.1. The predicted octanol–water partition coefficient (Wildman–Crippen LogP) is 7.81. The number of aliphatic hydroxyl groups excluding tert-OH is 1. The van der Waals surface area contributed by atoms with Crippen molar-refractivity contribution in [3.63, 3.8) is 0 Å². The van der Waals surface area contributed by atoms with Gasteiger partial charge in [-0.3, -0.25) is 14.5 Å². The number of ketones is 1. The molecule has 240 valence electrons. The molecule has 11 heteroatoms. The minimum absolute atomic E-state index is 0.0676. The quantitative estimate of drug-likeness (QED) is 0.0356. The molecule has 1 aromatic heterocycles. The summed E-state index contributed by atoms with van der Waals surface area (Å²) in [7, 11) is 2.99. The van der Waals surface area contributed by atoms with Gasteiger partial charge in [0.05, 0.1) is 32.4 Å². The number of carbonyl (C=O) groups is 2. The van der Waals surface area contributed by atoms with Crippen LogP contribution >= 0.6 is 23.1 Å². The Kier molecular flexibility index (Phi) is 9.74. The number of benzene rings is 4. The molecule has 0 aliphatic carbocycles. The monoisotopic (exact) mass is 667 g/mol. The average Bonchev–Trinajstić information content (AvgIpc) is 3.68. The molecule has 47 heavy (non-hydrogen) atoms. The molecule has 2 heterocycles. The Bertz CT molecular complexity index is 1950. The highest BCUT2D eigenvalue weighted by Crippen LogP contribution is 2.45. The van der Waals surface area contributed by atoms with E-state index in [4.69, 9.17) is 14.2 Å². The van der Waals surface area contributed by atoms with Crippen LogP contribution in [0.1, 0.15) is 42.5 Å². The highest BCUT2D eigenvalue weighted by Gasteiger charge is 2.48. The lowest BCUT2D eigenvalue weighted by molar-refractivity contribution is -0.132. The van der Waals surface area contributed by atoms with Crippen LogP contribution in [0.3, 0.4) is 0 Å². The van der Waals surface area contributed by atoms with E-state index in [1.165, 1.54) is 42.2 Å². The molecule has 4 aromatic carbocycles. The standard InChI is InChI=1S/C36H33N3O6S2/c1-4-5-19-45-26-16-13-23(14-17-26)31-30(32(40)24-15-18-28(43-2)29(20-24)44-3)33(41)34(42)39(31)35-37-38-36(47-35)46-21-25-11-8-10-22-9-6-7-12-27(22)25/h6-18,20,31,40H,4-5,19,21H2,1-3H3/b32-30+. The van der Waals surface area contributed by atoms with Gasteiger partial charge in [-0.1, -0.05) is 91.0 Å². The van der Waals surface area contributed by atoms with Gasteiger partial charge in [0.1, 0.15) is 11.5 Å². The van der Waals surface area contributed by atoms with Crippen molar-refractivity contribution < 1.29 is 28.9 Å². The number of nitrogens with zero attached hydrogens (tertiary/aromatic N) is 3. The Labute approximate surface area is 280 Å². The lowest BCUT2D eigenvalue weighted by Gasteiger charge is -2.23. The topological polar surface area (TPSA) is 111 Å². The van der Waals surface area contributed by atoms with Crippen LogP contribution in [0.4, 0.5) is 5.13 Å². The van der Waals surface area contributed by atoms with E-state index in [-0.39, 0.29) is 16.5 Å². The number of aliphatic hydroxyl groups is 1. The van der Waals surface area contributed by atoms with Crippen molar-refractivity contribution in [3.8, 4) is 17.2 Å². The SMILES string of the molecule is CCCCOc1ccc(C2/C(=C(\O)c3ccc(OC)c(OC)c3)C(=O)C(=O)N2c2nnc(SCc3cccc4ccccc34)s2)cc1. The summed E-state index contributed by atoms with van der Waals surface area (Å²) in [5, 5.41) is 22.9. The van der Waals surface area contributed by atoms with Crippen LogP contribution < -0.4 is 19.1 Å². The number of hydrogen-bond acceptors (Lipinski definition) is 10. The van der Waals surface area contributed by atoms with Gasteiger partial charge in [0.2, 0.25) is 5.13 Å². The zero-order valence-corrected chi connectivity index (χ0v) is 27.8. The summed E-state index contributed by atoms with van der Waals surface area (Å²) in [4.78, 5) is 28.8. The van der Waals surface area contributed by atoms with E-state index < -0.39 is 17.7 Å². The number of unbranched alkanes of at least 4 members (excludes halogenated alkanes) is 1. The molecular weight excluding hydrogens is 635 g/mol. The van der Waals surface area contributed by atoms with Crippen LogP contribution in [0.2, 0.25) is 0 Å². The summed E-state index contributed by atoms with van der Waals surface area (Å²) in [5.74, 6) is 0.178. The fourth-order valence-electron chi connectivity index (χ4n) is 5.48. The Morgan fingerprint density at radius 1 is 0.936 bits per heavy atom. The van der Waals surface area contributed by atoms with Crippen LogP contribution in [-0.4, -0.2) is 47.8 Å². The van der Waals surface area contributed by atoms with Crippen molar-refractivity contribution in [2.24, 2.45) is 0 Å². The molecule has 1 saturated heterocycles. The third kappa shape index (κ3) is 6.54. The number of aromatic nitrogens is 2. The Balaban J connectivity index is 1.36. The van der Waals surface area contributed by atoms with Gasteiger partial charge in [-0.15, -0.1) is 10.2 Å². The smallest absolute Gasteiger partial charge is 0.301 e. The van der Waals surface area contributed by atoms with Gasteiger partial charge < -0.3 is 19.3 Å². The zero-order chi connectivity index (χ0) is 32.9. The van der Waals surface area contributed by atoms with Crippen molar-refractivity contribution in [2.75, 3.05) is 25.7 Å². The lowest BCUT2D eigenvalue weighted by Crippen LogP contribution is -2.29. The number of hydrogen-bond donors (Lipinski definition) is 1. The van der Waals surface area contributed by atoms with E-state index in [1.54, 1.807) is 42.5 Å². The van der Waals surface area contributed by atoms with Crippen LogP contribution in [0, 0.1) is 0 Å². The molecule has 1 unspecified atom stereocenters. The number of ether oxygens (including phenoxy) is 3. The third-order valence-electron chi connectivity index (χ3n) is 7.90. The highest BCUT2D eigenvalue weighted by molar-refractivity contribution is 8.00. The summed E-state index contributed by atoms with van der Waals surface area (Å²) in [6.45, 7) is 2.67. The predicted molar refractivity (Wildman–Crippen MR) is 185 cm³/mol. The highest BCUT2D eigenvalue weighted by atomic mass is 32.2. The van der Waals surface area contributed by atoms with Crippen LogP contribution in [0.25, 0.3) is 16.5 Å². The number of amides is 1. The molecule has 0 bridgehead atoms. The fourth-order valence-corrected chi connectivity index (χ4v) is 7.35. The summed E-state index contributed by atoms with van der Waals surface area (Å²) in [6.07, 6.45) is 1.93. The molecule has 9 nitrogen and oxygen atoms in total. The molecule has 1 atom stereocenters. The van der Waals surface area contributed by atoms with Gasteiger partial charge >= 0.3 is 5.91 Å². The maximum Gasteiger partial charge on any atom is 0.301 e. The lowest BCUT2D eigenvalue weighted by atomic mass is 9.95. The van der Waals surface area contributed by atoms with Crippen molar-refractivity contribution in [1.82, 2.24) is 10.2 Å². The van der Waals surface area contributed by atoms with Crippen molar-refractivity contribution >= 4 is 56.5 Å². The first-order valence-electron chi connectivity index (χ1n) is 15.1. The van der Waals surface area contributed by atoms with Crippen LogP contribution in [0.15, 0.2) is 94.8 Å². The molecule has 6 rings (SSSR count). The van der Waals surface area contributed by atoms with E-state index >= 15 is 0 Å². The number of Topliss-reactive ketones (excluding diaryl/α,β-unsaturated/α-hetero) is 1. The Morgan fingerprint density at radius 3 is 2.47 bits per heavy atom. The first-order chi connectivity index (χ1) is 22.9. The summed E-state index contributed by atoms with van der Waals surface area (Å²) < 4.78 is 17.2. The molecule has 1 aliphatic heterocycles. The van der Waals surface area contributed by atoms with E-state index in [9.17, 15) is 14.7 Å². The minimum Gasteiger partial charge on any atom is -0.507 e. The zero-order valence-electron chi connectivity index (χ0n) is 26.1. The second-order valence-corrected chi connectivity index (χ2v) is 13.0. The van der Waals surface area contributed by atoms with E-state index in [0.29, 0.717) is 45.1 Å². The number of fused-ring (bicyclic) bond motifs is 1. The minimum atomic E-state index is -0.961. The first-order valence-corrected chi connectivity index (χ1v) is 16.9. The third-order valence-corrected chi connectivity index (χ3v) is 10.0. The molecule has 1 aliphatic rings. The molecule has 0 spiro atoms. The summed E-state index contributed by atoms with van der Waals surface area (Å²) in [5.41, 5.74) is 1.99. The second-order valence-electron chi connectivity index (χ2n) is 10.8. The van der Waals surface area contributed by atoms with Crippen molar-refractivity contribution in [3.05, 3.63) is 107 Å². The van der Waals surface area contributed by atoms with Gasteiger partial charge in [0.15, 0.2) is 15.8 Å². The number of rotatable bonds is 12. The van der Waals surface area contributed by atoms with Crippen LogP contribution in [-0.2, 0) is 15.3 Å². The molecule has 0 radical (unpaired) electrons. The van der Waals surface area contributed by atoms with E-state index in [1.807, 2.05) is 18.2 Å². The number of carbonyl (C=O) groups excluding carboxylic acids is 2. The number of methoxy groups -OCH3 is 2. The fraction of sp³-hybridized carbons (Fsp3) is 0.222. The normalized spacial score (nSPS) is 15.7. The Morgan fingerprint density at radius 2 is 1.70 bits per heavy atom. The second kappa shape index (κ2) is 14.3. The van der Waals surface area contributed by atoms with E-state index in [2.05, 4.69) is 41.4 Å². The number of thioether (sulfide) groups is 1. The molecule has 1 fully saturated rings. The van der Waals surface area contributed by atoms with Crippen molar-refractivity contribution in [2.45, 2.75) is 35.9 Å². The van der Waals surface area contributed by atoms with Gasteiger partial charge in [0, 0.05) is 11.3 Å². The molecule has 1 amide bonds. The van der Waals surface area contributed by atoms with Crippen LogP contribution in [0.5, 0.6) is 17.2 Å².